The number of rotatable bonds is 2. The zero-order valence-corrected chi connectivity index (χ0v) is 12.7. The first kappa shape index (κ1) is 15.0. The normalized spacial score (nSPS) is 16.6. The van der Waals surface area contributed by atoms with Gasteiger partial charge in [-0.1, -0.05) is 17.7 Å². The second-order valence-corrected chi connectivity index (χ2v) is 5.85. The summed E-state index contributed by atoms with van der Waals surface area (Å²) in [6.45, 7) is 7.90. The fourth-order valence-corrected chi connectivity index (χ4v) is 2.76. The second kappa shape index (κ2) is 5.20. The summed E-state index contributed by atoms with van der Waals surface area (Å²) in [6, 6.07) is 5.90. The largest absolute Gasteiger partial charge is 0.478 e. The molecule has 1 heterocycles. The highest BCUT2D eigenvalue weighted by atomic mass is 16.4. The molecule has 21 heavy (non-hydrogen) atoms. The number of allylic oxidation sites excluding steroid dienone is 1. The van der Waals surface area contributed by atoms with Crippen molar-refractivity contribution in [2.45, 2.75) is 33.2 Å². The average Bonchev–Trinajstić information content (AvgIpc) is 2.36. The molecule has 2 rings (SSSR count). The lowest BCUT2D eigenvalue weighted by Crippen LogP contribution is -2.48. The molecular formula is C17H19NO3. The first-order valence-electron chi connectivity index (χ1n) is 6.78. The summed E-state index contributed by atoms with van der Waals surface area (Å²) >= 11 is 0. The van der Waals surface area contributed by atoms with E-state index in [9.17, 15) is 9.59 Å². The van der Waals surface area contributed by atoms with Crippen LogP contribution in [-0.2, 0) is 9.59 Å². The van der Waals surface area contributed by atoms with Gasteiger partial charge in [0.1, 0.15) is 0 Å². The Hall–Kier alpha value is -2.36. The number of carboxylic acid groups (broad SMARTS) is 1. The number of nitrogens with zero attached hydrogens (tertiary/aromatic N) is 1. The Morgan fingerprint density at radius 1 is 1.19 bits per heavy atom. The van der Waals surface area contributed by atoms with Crippen molar-refractivity contribution in [2.24, 2.45) is 0 Å². The molecular weight excluding hydrogens is 266 g/mol. The van der Waals surface area contributed by atoms with Crippen molar-refractivity contribution in [1.82, 2.24) is 0 Å². The number of aliphatic carboxylic acids is 1. The van der Waals surface area contributed by atoms with Gasteiger partial charge in [-0.3, -0.25) is 9.69 Å². The first-order valence-corrected chi connectivity index (χ1v) is 6.78. The maximum Gasteiger partial charge on any atom is 0.328 e. The molecule has 1 aromatic rings. The Kier molecular flexibility index (Phi) is 3.73. The van der Waals surface area contributed by atoms with Crippen molar-refractivity contribution in [3.8, 4) is 0 Å². The SMILES string of the molecule is CC1=CC(C)(C)N(C(=O)/C=C/C(=O)O)c2ccc(C)cc21. The highest BCUT2D eigenvalue weighted by molar-refractivity contribution is 6.08. The second-order valence-electron chi connectivity index (χ2n) is 5.85. The number of carboxylic acids is 1. The fourth-order valence-electron chi connectivity index (χ4n) is 2.76. The number of anilines is 1. The third-order valence-electron chi connectivity index (χ3n) is 3.55. The van der Waals surface area contributed by atoms with Crippen LogP contribution in [0.5, 0.6) is 0 Å². The van der Waals surface area contributed by atoms with E-state index in [-0.39, 0.29) is 5.91 Å². The Balaban J connectivity index is 2.55. The minimum Gasteiger partial charge on any atom is -0.478 e. The van der Waals surface area contributed by atoms with Crippen LogP contribution in [0.25, 0.3) is 5.57 Å². The van der Waals surface area contributed by atoms with Gasteiger partial charge < -0.3 is 5.11 Å². The summed E-state index contributed by atoms with van der Waals surface area (Å²) < 4.78 is 0. The number of benzene rings is 1. The van der Waals surface area contributed by atoms with Crippen LogP contribution >= 0.6 is 0 Å². The zero-order valence-electron chi connectivity index (χ0n) is 12.7. The number of fused-ring (bicyclic) bond motifs is 1. The number of carbonyl (C=O) groups excluding carboxylic acids is 1. The highest BCUT2D eigenvalue weighted by Crippen LogP contribution is 2.39. The van der Waals surface area contributed by atoms with Gasteiger partial charge >= 0.3 is 5.97 Å². The predicted octanol–water partition coefficient (Wildman–Crippen LogP) is 3.16. The Labute approximate surface area is 124 Å². The van der Waals surface area contributed by atoms with E-state index >= 15 is 0 Å². The first-order chi connectivity index (χ1) is 9.72. The smallest absolute Gasteiger partial charge is 0.328 e. The van der Waals surface area contributed by atoms with Crippen molar-refractivity contribution >= 4 is 23.1 Å². The minimum atomic E-state index is -1.13. The molecule has 0 saturated heterocycles. The van der Waals surface area contributed by atoms with E-state index in [1.165, 1.54) is 0 Å². The van der Waals surface area contributed by atoms with Gasteiger partial charge in [0.05, 0.1) is 11.2 Å². The third-order valence-corrected chi connectivity index (χ3v) is 3.55. The average molecular weight is 285 g/mol. The summed E-state index contributed by atoms with van der Waals surface area (Å²) in [5.74, 6) is -1.47. The van der Waals surface area contributed by atoms with Gasteiger partial charge in [-0.15, -0.1) is 0 Å². The maximum absolute atomic E-state index is 12.4. The Morgan fingerprint density at radius 2 is 1.86 bits per heavy atom. The number of aryl methyl sites for hydroxylation is 1. The van der Waals surface area contributed by atoms with E-state index in [2.05, 4.69) is 0 Å². The molecule has 4 nitrogen and oxygen atoms in total. The topological polar surface area (TPSA) is 57.6 Å². The quantitative estimate of drug-likeness (QED) is 0.849. The molecule has 1 aromatic carbocycles. The molecule has 0 fully saturated rings. The van der Waals surface area contributed by atoms with Crippen LogP contribution < -0.4 is 4.90 Å². The molecule has 0 spiro atoms. The lowest BCUT2D eigenvalue weighted by molar-refractivity contribution is -0.131. The van der Waals surface area contributed by atoms with Crippen LogP contribution in [0, 0.1) is 6.92 Å². The molecule has 0 saturated carbocycles. The molecule has 0 bridgehead atoms. The molecule has 4 heteroatoms. The molecule has 1 aliphatic rings. The minimum absolute atomic E-state index is 0.337. The van der Waals surface area contributed by atoms with Gasteiger partial charge in [0.2, 0.25) is 0 Å². The van der Waals surface area contributed by atoms with Gasteiger partial charge in [0.25, 0.3) is 5.91 Å². The van der Waals surface area contributed by atoms with Crippen LogP contribution in [0.1, 0.15) is 31.9 Å². The van der Waals surface area contributed by atoms with Gasteiger partial charge in [0, 0.05) is 17.7 Å². The van der Waals surface area contributed by atoms with Crippen LogP contribution in [0.4, 0.5) is 5.69 Å². The third kappa shape index (κ3) is 2.89. The highest BCUT2D eigenvalue weighted by Gasteiger charge is 2.34. The van der Waals surface area contributed by atoms with Crippen molar-refractivity contribution in [1.29, 1.82) is 0 Å². The van der Waals surface area contributed by atoms with Gasteiger partial charge in [-0.25, -0.2) is 4.79 Å². The van der Waals surface area contributed by atoms with E-state index in [1.807, 2.05) is 52.0 Å². The van der Waals surface area contributed by atoms with Crippen molar-refractivity contribution in [3.05, 3.63) is 47.6 Å². The molecule has 0 aliphatic carbocycles. The standard InChI is InChI=1S/C17H19NO3/c1-11-5-6-14-13(9-11)12(2)10-17(3,4)18(14)15(19)7-8-16(20)21/h5-10H,1-4H3,(H,20,21)/b8-7+. The molecule has 0 radical (unpaired) electrons. The molecule has 0 atom stereocenters. The van der Waals surface area contributed by atoms with Crippen LogP contribution in [0.15, 0.2) is 36.4 Å². The lowest BCUT2D eigenvalue weighted by Gasteiger charge is -2.41. The van der Waals surface area contributed by atoms with Crippen molar-refractivity contribution in [3.63, 3.8) is 0 Å². The predicted molar refractivity (Wildman–Crippen MR) is 83.2 cm³/mol. The van der Waals surface area contributed by atoms with Gasteiger partial charge in [0.15, 0.2) is 0 Å². The summed E-state index contributed by atoms with van der Waals surface area (Å²) in [4.78, 5) is 24.7. The van der Waals surface area contributed by atoms with E-state index in [0.717, 1.165) is 34.5 Å². The molecule has 1 amide bonds. The molecule has 1 aliphatic heterocycles. The van der Waals surface area contributed by atoms with Crippen LogP contribution in [0.2, 0.25) is 0 Å². The summed E-state index contributed by atoms with van der Waals surface area (Å²) in [7, 11) is 0. The molecule has 110 valence electrons. The van der Waals surface area contributed by atoms with E-state index in [4.69, 9.17) is 5.11 Å². The van der Waals surface area contributed by atoms with Gasteiger partial charge in [-0.05, 0) is 45.4 Å². The summed E-state index contributed by atoms with van der Waals surface area (Å²) in [5, 5.41) is 8.70. The Bertz CT molecular complexity index is 669. The molecule has 0 aromatic heterocycles. The molecule has 0 unspecified atom stereocenters. The lowest BCUT2D eigenvalue weighted by atomic mass is 9.88. The maximum atomic E-state index is 12.4. The summed E-state index contributed by atoms with van der Waals surface area (Å²) in [6.07, 6.45) is 4.00. The van der Waals surface area contributed by atoms with E-state index < -0.39 is 11.5 Å². The number of hydrogen-bond acceptors (Lipinski definition) is 2. The van der Waals surface area contributed by atoms with Crippen LogP contribution in [-0.4, -0.2) is 22.5 Å². The fraction of sp³-hybridized carbons (Fsp3) is 0.294. The number of hydrogen-bond donors (Lipinski definition) is 1. The van der Waals surface area contributed by atoms with E-state index in [1.54, 1.807) is 4.90 Å². The number of amides is 1. The van der Waals surface area contributed by atoms with Crippen molar-refractivity contribution in [2.75, 3.05) is 4.90 Å². The van der Waals surface area contributed by atoms with Crippen LogP contribution in [0.3, 0.4) is 0 Å². The van der Waals surface area contributed by atoms with Crippen molar-refractivity contribution < 1.29 is 14.7 Å². The zero-order chi connectivity index (χ0) is 15.8. The summed E-state index contributed by atoms with van der Waals surface area (Å²) in [5.41, 5.74) is 3.54. The monoisotopic (exact) mass is 285 g/mol. The van der Waals surface area contributed by atoms with Gasteiger partial charge in [-0.2, -0.15) is 0 Å². The molecule has 1 N–H and O–H groups in total. The number of carbonyl (C=O) groups is 2. The van der Waals surface area contributed by atoms with E-state index in [0.29, 0.717) is 0 Å². The Morgan fingerprint density at radius 3 is 2.48 bits per heavy atom.